The molecule has 1 atom stereocenters. The number of nitrogens with zero attached hydrogens (tertiary/aromatic N) is 3. The summed E-state index contributed by atoms with van der Waals surface area (Å²) in [6, 6.07) is 5.59. The van der Waals surface area contributed by atoms with Crippen molar-refractivity contribution in [3.63, 3.8) is 0 Å². The summed E-state index contributed by atoms with van der Waals surface area (Å²) in [7, 11) is 1.97. The second kappa shape index (κ2) is 4.90. The van der Waals surface area contributed by atoms with Crippen molar-refractivity contribution in [2.45, 2.75) is 25.8 Å². The Bertz CT molecular complexity index is 662. The maximum Gasteiger partial charge on any atom is 0.254 e. The van der Waals surface area contributed by atoms with Gasteiger partial charge in [-0.15, -0.1) is 0 Å². The lowest BCUT2D eigenvalue weighted by Gasteiger charge is -2.23. The van der Waals surface area contributed by atoms with Crippen LogP contribution < -0.4 is 0 Å². The summed E-state index contributed by atoms with van der Waals surface area (Å²) in [5.74, 6) is 0.922. The molecule has 0 spiro atoms. The topological polar surface area (TPSA) is 58.4 Å². The summed E-state index contributed by atoms with van der Waals surface area (Å²) in [6.45, 7) is 2.71. The van der Waals surface area contributed by atoms with Gasteiger partial charge in [0.15, 0.2) is 0 Å². The van der Waals surface area contributed by atoms with Gasteiger partial charge in [0.2, 0.25) is 0 Å². The minimum absolute atomic E-state index is 0.00763. The van der Waals surface area contributed by atoms with Crippen molar-refractivity contribution in [3.8, 4) is 0 Å². The molecule has 1 fully saturated rings. The number of aliphatic hydroxyl groups is 1. The Kier molecular flexibility index (Phi) is 3.22. The van der Waals surface area contributed by atoms with E-state index in [9.17, 15) is 9.90 Å². The molecular formula is C15H19N3O2. The molecular weight excluding hydrogens is 254 g/mol. The fourth-order valence-corrected chi connectivity index (χ4v) is 2.91. The van der Waals surface area contributed by atoms with Crippen LogP contribution in [0.2, 0.25) is 0 Å². The van der Waals surface area contributed by atoms with Gasteiger partial charge in [-0.25, -0.2) is 4.98 Å². The number of rotatable bonds is 2. The number of hydrogen-bond donors (Lipinski definition) is 1. The van der Waals surface area contributed by atoms with Crippen LogP contribution in [0, 0.1) is 6.92 Å². The molecule has 0 radical (unpaired) electrons. The first-order valence-corrected chi connectivity index (χ1v) is 6.96. The Morgan fingerprint density at radius 2 is 2.30 bits per heavy atom. The van der Waals surface area contributed by atoms with Crippen molar-refractivity contribution in [1.29, 1.82) is 0 Å². The molecule has 0 bridgehead atoms. The molecule has 1 saturated heterocycles. The Morgan fingerprint density at radius 3 is 3.05 bits per heavy atom. The van der Waals surface area contributed by atoms with Gasteiger partial charge in [-0.05, 0) is 38.0 Å². The molecule has 3 rings (SSSR count). The van der Waals surface area contributed by atoms with Crippen LogP contribution in [0.1, 0.15) is 29.0 Å². The number of imidazole rings is 1. The van der Waals surface area contributed by atoms with Crippen molar-refractivity contribution in [1.82, 2.24) is 14.5 Å². The Balaban J connectivity index is 1.95. The van der Waals surface area contributed by atoms with E-state index in [4.69, 9.17) is 0 Å². The van der Waals surface area contributed by atoms with Crippen LogP contribution in [-0.2, 0) is 7.05 Å². The average Bonchev–Trinajstić information content (AvgIpc) is 3.03. The smallest absolute Gasteiger partial charge is 0.254 e. The Hall–Kier alpha value is -1.88. The van der Waals surface area contributed by atoms with Crippen molar-refractivity contribution in [2.24, 2.45) is 7.05 Å². The second-order valence-corrected chi connectivity index (χ2v) is 5.40. The molecule has 2 aromatic rings. The summed E-state index contributed by atoms with van der Waals surface area (Å²) in [5.41, 5.74) is 2.52. The fourth-order valence-electron chi connectivity index (χ4n) is 2.91. The zero-order valence-electron chi connectivity index (χ0n) is 11.8. The lowest BCUT2D eigenvalue weighted by atomic mass is 10.1. The minimum atomic E-state index is -0.0383. The fraction of sp³-hybridized carbons (Fsp3) is 0.467. The van der Waals surface area contributed by atoms with E-state index >= 15 is 0 Å². The largest absolute Gasteiger partial charge is 0.394 e. The van der Waals surface area contributed by atoms with Gasteiger partial charge >= 0.3 is 0 Å². The van der Waals surface area contributed by atoms with E-state index in [2.05, 4.69) is 4.98 Å². The molecule has 1 aromatic heterocycles. The van der Waals surface area contributed by atoms with Crippen molar-refractivity contribution in [3.05, 3.63) is 29.6 Å². The van der Waals surface area contributed by atoms with Crippen molar-refractivity contribution >= 4 is 16.9 Å². The normalized spacial score (nSPS) is 18.9. The number of likely N-dealkylation sites (tertiary alicyclic amines) is 1. The first-order valence-electron chi connectivity index (χ1n) is 6.96. The number of hydrogen-bond acceptors (Lipinski definition) is 3. The molecule has 1 N–H and O–H groups in total. The molecule has 1 aliphatic heterocycles. The maximum absolute atomic E-state index is 12.5. The molecule has 5 nitrogen and oxygen atoms in total. The Labute approximate surface area is 117 Å². The molecule has 5 heteroatoms. The van der Waals surface area contributed by atoms with Crippen LogP contribution in [0.15, 0.2) is 18.2 Å². The van der Waals surface area contributed by atoms with Crippen LogP contribution in [-0.4, -0.2) is 44.7 Å². The van der Waals surface area contributed by atoms with E-state index in [0.29, 0.717) is 5.56 Å². The van der Waals surface area contributed by atoms with Crippen molar-refractivity contribution < 1.29 is 9.90 Å². The van der Waals surface area contributed by atoms with Crippen LogP contribution in [0.3, 0.4) is 0 Å². The highest BCUT2D eigenvalue weighted by atomic mass is 16.3. The number of fused-ring (bicyclic) bond motifs is 1. The average molecular weight is 273 g/mol. The van der Waals surface area contributed by atoms with E-state index < -0.39 is 0 Å². The minimum Gasteiger partial charge on any atom is -0.394 e. The number of carbonyl (C=O) groups is 1. The van der Waals surface area contributed by atoms with Gasteiger partial charge in [0.1, 0.15) is 5.82 Å². The summed E-state index contributed by atoms with van der Waals surface area (Å²) in [5, 5.41) is 9.33. The van der Waals surface area contributed by atoms with E-state index in [1.54, 1.807) is 4.90 Å². The van der Waals surface area contributed by atoms with Crippen LogP contribution >= 0.6 is 0 Å². The zero-order chi connectivity index (χ0) is 14.3. The Morgan fingerprint density at radius 1 is 1.50 bits per heavy atom. The molecule has 20 heavy (non-hydrogen) atoms. The van der Waals surface area contributed by atoms with Gasteiger partial charge in [-0.2, -0.15) is 0 Å². The van der Waals surface area contributed by atoms with E-state index in [1.807, 2.05) is 36.7 Å². The van der Waals surface area contributed by atoms with Gasteiger partial charge in [0.05, 0.1) is 23.7 Å². The van der Waals surface area contributed by atoms with E-state index in [0.717, 1.165) is 36.2 Å². The van der Waals surface area contributed by atoms with Crippen molar-refractivity contribution in [2.75, 3.05) is 13.2 Å². The number of benzene rings is 1. The standard InChI is InChI=1S/C15H19N3O2/c1-10-16-13-8-11(5-6-14(13)17(10)2)15(20)18-7-3-4-12(18)9-19/h5-6,8,12,19H,3-4,7,9H2,1-2H3/t12-/m1/s1. The highest BCUT2D eigenvalue weighted by Crippen LogP contribution is 2.22. The highest BCUT2D eigenvalue weighted by molar-refractivity contribution is 5.97. The zero-order valence-corrected chi connectivity index (χ0v) is 11.8. The van der Waals surface area contributed by atoms with Gasteiger partial charge in [-0.3, -0.25) is 4.79 Å². The predicted octanol–water partition coefficient (Wildman–Crippen LogP) is 1.48. The van der Waals surface area contributed by atoms with Crippen LogP contribution in [0.25, 0.3) is 11.0 Å². The molecule has 2 heterocycles. The first-order chi connectivity index (χ1) is 9.61. The maximum atomic E-state index is 12.5. The van der Waals surface area contributed by atoms with Crippen LogP contribution in [0.4, 0.5) is 0 Å². The summed E-state index contributed by atoms with van der Waals surface area (Å²) in [6.07, 6.45) is 1.84. The number of amides is 1. The molecule has 106 valence electrons. The molecule has 0 saturated carbocycles. The predicted molar refractivity (Wildman–Crippen MR) is 76.6 cm³/mol. The molecule has 1 amide bonds. The third-order valence-corrected chi connectivity index (χ3v) is 4.20. The summed E-state index contributed by atoms with van der Waals surface area (Å²) in [4.78, 5) is 18.8. The summed E-state index contributed by atoms with van der Waals surface area (Å²) < 4.78 is 2.01. The second-order valence-electron chi connectivity index (χ2n) is 5.40. The number of aromatic nitrogens is 2. The van der Waals surface area contributed by atoms with E-state index in [1.165, 1.54) is 0 Å². The quantitative estimate of drug-likeness (QED) is 0.901. The van der Waals surface area contributed by atoms with Gasteiger partial charge < -0.3 is 14.6 Å². The highest BCUT2D eigenvalue weighted by Gasteiger charge is 2.28. The molecule has 1 aromatic carbocycles. The van der Waals surface area contributed by atoms with Gasteiger partial charge in [0.25, 0.3) is 5.91 Å². The SMILES string of the molecule is Cc1nc2cc(C(=O)N3CCC[C@@H]3CO)ccc2n1C. The first kappa shape index (κ1) is 13.1. The molecule has 0 aliphatic carbocycles. The number of aliphatic hydroxyl groups excluding tert-OH is 1. The summed E-state index contributed by atoms with van der Waals surface area (Å²) >= 11 is 0. The third kappa shape index (κ3) is 1.98. The lowest BCUT2D eigenvalue weighted by Crippen LogP contribution is -2.37. The van der Waals surface area contributed by atoms with E-state index in [-0.39, 0.29) is 18.6 Å². The van der Waals surface area contributed by atoms with Gasteiger partial charge in [0, 0.05) is 19.2 Å². The monoisotopic (exact) mass is 273 g/mol. The lowest BCUT2D eigenvalue weighted by molar-refractivity contribution is 0.0678. The van der Waals surface area contributed by atoms with Crippen LogP contribution in [0.5, 0.6) is 0 Å². The number of aryl methyl sites for hydroxylation is 2. The molecule has 0 unspecified atom stereocenters. The molecule has 1 aliphatic rings. The van der Waals surface area contributed by atoms with Gasteiger partial charge in [-0.1, -0.05) is 0 Å². The number of carbonyl (C=O) groups excluding carboxylic acids is 1. The third-order valence-electron chi connectivity index (χ3n) is 4.20.